The summed E-state index contributed by atoms with van der Waals surface area (Å²) in [6.07, 6.45) is 6.80. The van der Waals surface area contributed by atoms with Crippen molar-refractivity contribution in [3.05, 3.63) is 0 Å². The van der Waals surface area contributed by atoms with E-state index in [1.807, 2.05) is 23.5 Å². The van der Waals surface area contributed by atoms with Crippen LogP contribution in [-0.2, 0) is 0 Å². The van der Waals surface area contributed by atoms with Gasteiger partial charge in [-0.15, -0.1) is 23.5 Å². The lowest BCUT2D eigenvalue weighted by molar-refractivity contribution is 0.343. The second-order valence-corrected chi connectivity index (χ2v) is 8.28. The van der Waals surface area contributed by atoms with Crippen LogP contribution < -0.4 is 27.2 Å². The summed E-state index contributed by atoms with van der Waals surface area (Å²) in [5.74, 6) is 0. The highest BCUT2D eigenvalue weighted by molar-refractivity contribution is 8.04. The summed E-state index contributed by atoms with van der Waals surface area (Å²) in [4.78, 5) is 0. The average Bonchev–Trinajstić information content (AvgIpc) is 2.97. The van der Waals surface area contributed by atoms with Gasteiger partial charge in [0.05, 0.1) is 5.37 Å². The Bertz CT molecular complexity index is 300. The molecular weight excluding hydrogens is 278 g/mol. The van der Waals surface area contributed by atoms with Crippen LogP contribution in [0.25, 0.3) is 0 Å². The third-order valence-corrected chi connectivity index (χ3v) is 6.98. The Labute approximate surface area is 123 Å². The van der Waals surface area contributed by atoms with Crippen LogP contribution in [0.3, 0.4) is 0 Å². The van der Waals surface area contributed by atoms with Gasteiger partial charge in [-0.25, -0.2) is 10.9 Å². The van der Waals surface area contributed by atoms with Crippen molar-refractivity contribution in [3.63, 3.8) is 0 Å². The summed E-state index contributed by atoms with van der Waals surface area (Å²) in [6, 6.07) is 1.15. The van der Waals surface area contributed by atoms with Crippen LogP contribution in [0.4, 0.5) is 0 Å². The van der Waals surface area contributed by atoms with Crippen LogP contribution in [0.1, 0.15) is 39.0 Å². The molecule has 7 heteroatoms. The van der Waals surface area contributed by atoms with Gasteiger partial charge in [0.1, 0.15) is 11.0 Å². The summed E-state index contributed by atoms with van der Waals surface area (Å²) in [5, 5.41) is 8.04. The molecule has 2 aliphatic heterocycles. The number of hydrogen-bond donors (Lipinski definition) is 5. The maximum absolute atomic E-state index is 5.95. The Kier molecular flexibility index (Phi) is 4.95. The van der Waals surface area contributed by atoms with Gasteiger partial charge in [-0.2, -0.15) is 0 Å². The van der Waals surface area contributed by atoms with Crippen LogP contribution in [-0.4, -0.2) is 33.7 Å². The molecule has 0 radical (unpaired) electrons. The van der Waals surface area contributed by atoms with E-state index in [-0.39, 0.29) is 5.50 Å². The molecule has 5 nitrogen and oxygen atoms in total. The molecule has 3 fully saturated rings. The van der Waals surface area contributed by atoms with Crippen molar-refractivity contribution < 1.29 is 0 Å². The van der Waals surface area contributed by atoms with E-state index in [0.29, 0.717) is 28.2 Å². The van der Waals surface area contributed by atoms with E-state index in [0.717, 1.165) is 0 Å². The van der Waals surface area contributed by atoms with Crippen LogP contribution >= 0.6 is 23.5 Å². The molecule has 0 bridgehead atoms. The summed E-state index contributed by atoms with van der Waals surface area (Å²) in [6.45, 7) is 2.22. The maximum atomic E-state index is 5.95. The molecular formula is C12H25N5S2. The summed E-state index contributed by atoms with van der Waals surface area (Å²) in [7, 11) is 0. The van der Waals surface area contributed by atoms with Gasteiger partial charge in [0.25, 0.3) is 0 Å². The van der Waals surface area contributed by atoms with Crippen LogP contribution in [0.5, 0.6) is 0 Å². The zero-order chi connectivity index (χ0) is 13.2. The molecule has 5 atom stereocenters. The lowest BCUT2D eigenvalue weighted by atomic mass is 9.96. The highest BCUT2D eigenvalue weighted by Crippen LogP contribution is 2.34. The third-order valence-electron chi connectivity index (χ3n) is 4.15. The first-order valence-electron chi connectivity index (χ1n) is 7.32. The first kappa shape index (κ1) is 14.4. The fraction of sp³-hybridized carbons (Fsp3) is 1.00. The van der Waals surface area contributed by atoms with Gasteiger partial charge in [-0.3, -0.25) is 10.6 Å². The molecule has 0 amide bonds. The number of rotatable bonds is 3. The fourth-order valence-corrected chi connectivity index (χ4v) is 5.88. The van der Waals surface area contributed by atoms with Gasteiger partial charge < -0.3 is 5.73 Å². The number of hydrazine groups is 1. The normalized spacial score (nSPS) is 44.8. The zero-order valence-corrected chi connectivity index (χ0v) is 13.0. The van der Waals surface area contributed by atoms with Crippen molar-refractivity contribution in [2.24, 2.45) is 5.73 Å². The minimum atomic E-state index is 0.0766. The van der Waals surface area contributed by atoms with Crippen molar-refractivity contribution in [2.45, 2.75) is 72.7 Å². The van der Waals surface area contributed by atoms with Gasteiger partial charge in [0, 0.05) is 17.3 Å². The molecule has 19 heavy (non-hydrogen) atoms. The van der Waals surface area contributed by atoms with Crippen LogP contribution in [0.15, 0.2) is 0 Å². The Balaban J connectivity index is 1.47. The van der Waals surface area contributed by atoms with Crippen molar-refractivity contribution >= 4 is 23.5 Å². The second-order valence-electron chi connectivity index (χ2n) is 5.70. The SMILES string of the molecule is CC1NC(N)SC1C1NNC(NC2CCCCC2)S1. The quantitative estimate of drug-likeness (QED) is 0.525. The summed E-state index contributed by atoms with van der Waals surface area (Å²) >= 11 is 3.79. The molecule has 0 aromatic carbocycles. The van der Waals surface area contributed by atoms with E-state index in [1.165, 1.54) is 32.1 Å². The largest absolute Gasteiger partial charge is 0.307 e. The molecule has 2 heterocycles. The lowest BCUT2D eigenvalue weighted by Crippen LogP contribution is -2.47. The van der Waals surface area contributed by atoms with E-state index in [1.54, 1.807) is 0 Å². The molecule has 0 aromatic rings. The molecule has 1 saturated carbocycles. The molecule has 110 valence electrons. The molecule has 0 spiro atoms. The molecule has 5 unspecified atom stereocenters. The highest BCUT2D eigenvalue weighted by atomic mass is 32.2. The molecule has 3 rings (SSSR count). The first-order valence-corrected chi connectivity index (χ1v) is 9.20. The highest BCUT2D eigenvalue weighted by Gasteiger charge is 2.40. The van der Waals surface area contributed by atoms with Crippen molar-refractivity contribution in [1.29, 1.82) is 0 Å². The number of nitrogens with one attached hydrogen (secondary N) is 4. The predicted molar refractivity (Wildman–Crippen MR) is 83.4 cm³/mol. The molecule has 0 aromatic heterocycles. The van der Waals surface area contributed by atoms with Gasteiger partial charge in [0.15, 0.2) is 0 Å². The zero-order valence-electron chi connectivity index (χ0n) is 11.4. The Morgan fingerprint density at radius 1 is 1.11 bits per heavy atom. The number of thioether (sulfide) groups is 2. The summed E-state index contributed by atoms with van der Waals surface area (Å²) < 4.78 is 0. The Morgan fingerprint density at radius 3 is 2.58 bits per heavy atom. The minimum absolute atomic E-state index is 0.0766. The van der Waals surface area contributed by atoms with E-state index in [4.69, 9.17) is 5.73 Å². The Hall–Kier alpha value is 0.500. The molecule has 2 saturated heterocycles. The second kappa shape index (κ2) is 6.51. The van der Waals surface area contributed by atoms with Gasteiger partial charge in [0.2, 0.25) is 0 Å². The van der Waals surface area contributed by atoms with Gasteiger partial charge in [-0.05, 0) is 19.8 Å². The predicted octanol–water partition coefficient (Wildman–Crippen LogP) is 0.695. The molecule has 3 aliphatic rings. The standard InChI is InChI=1S/C12H25N5S2/c1-7-9(18-11(13)14-7)10-16-17-12(19-10)15-8-5-3-2-4-6-8/h7-12,14-17H,2-6,13H2,1H3. The summed E-state index contributed by atoms with van der Waals surface area (Å²) in [5.41, 5.74) is 13.2. The van der Waals surface area contributed by atoms with Crippen molar-refractivity contribution in [2.75, 3.05) is 0 Å². The third kappa shape index (κ3) is 3.58. The minimum Gasteiger partial charge on any atom is -0.307 e. The first-order chi connectivity index (χ1) is 9.22. The monoisotopic (exact) mass is 303 g/mol. The van der Waals surface area contributed by atoms with Crippen molar-refractivity contribution in [1.82, 2.24) is 21.5 Å². The van der Waals surface area contributed by atoms with Gasteiger partial charge >= 0.3 is 0 Å². The van der Waals surface area contributed by atoms with E-state index >= 15 is 0 Å². The number of nitrogens with two attached hydrogens (primary N) is 1. The maximum Gasteiger partial charge on any atom is 0.120 e. The topological polar surface area (TPSA) is 74.1 Å². The smallest absolute Gasteiger partial charge is 0.120 e. The van der Waals surface area contributed by atoms with E-state index < -0.39 is 0 Å². The molecule has 1 aliphatic carbocycles. The lowest BCUT2D eigenvalue weighted by Gasteiger charge is -2.26. The van der Waals surface area contributed by atoms with Gasteiger partial charge in [-0.1, -0.05) is 19.3 Å². The number of hydrogen-bond acceptors (Lipinski definition) is 7. The molecule has 6 N–H and O–H groups in total. The average molecular weight is 304 g/mol. The van der Waals surface area contributed by atoms with Crippen LogP contribution in [0, 0.1) is 0 Å². The Morgan fingerprint density at radius 2 is 1.89 bits per heavy atom. The van der Waals surface area contributed by atoms with E-state index in [2.05, 4.69) is 28.4 Å². The van der Waals surface area contributed by atoms with Crippen LogP contribution in [0.2, 0.25) is 0 Å². The fourth-order valence-electron chi connectivity index (χ4n) is 3.11. The van der Waals surface area contributed by atoms with E-state index in [9.17, 15) is 0 Å². The van der Waals surface area contributed by atoms with Crippen molar-refractivity contribution in [3.8, 4) is 0 Å².